The number of ether oxygens (including phenoxy) is 1. The molecule has 1 atom stereocenters. The zero-order valence-corrected chi connectivity index (χ0v) is 8.17. The van der Waals surface area contributed by atoms with E-state index in [1.54, 1.807) is 0 Å². The Morgan fingerprint density at radius 1 is 1.42 bits per heavy atom. The molecule has 72 valence electrons. The zero-order chi connectivity index (χ0) is 9.56. The summed E-state index contributed by atoms with van der Waals surface area (Å²) in [6.45, 7) is 4.18. The van der Waals surface area contributed by atoms with E-state index in [-0.39, 0.29) is 12.0 Å². The van der Waals surface area contributed by atoms with E-state index in [4.69, 9.17) is 5.73 Å². The number of carbonyl (C=O) groups is 1. The minimum absolute atomic E-state index is 0.0487. The summed E-state index contributed by atoms with van der Waals surface area (Å²) in [5, 5.41) is 0. The highest BCUT2D eigenvalue weighted by Crippen LogP contribution is 2.13. The van der Waals surface area contributed by atoms with Crippen molar-refractivity contribution in [2.75, 3.05) is 7.11 Å². The predicted molar refractivity (Wildman–Crippen MR) is 48.7 cm³/mol. The van der Waals surface area contributed by atoms with Gasteiger partial charge in [0.2, 0.25) is 0 Å². The molecule has 0 aliphatic heterocycles. The molecule has 0 saturated carbocycles. The summed E-state index contributed by atoms with van der Waals surface area (Å²) in [4.78, 5) is 10.9. The topological polar surface area (TPSA) is 52.3 Å². The van der Waals surface area contributed by atoms with Crippen molar-refractivity contribution in [1.29, 1.82) is 0 Å². The molecule has 0 spiro atoms. The summed E-state index contributed by atoms with van der Waals surface area (Å²) in [5.41, 5.74) is 5.81. The lowest BCUT2D eigenvalue weighted by molar-refractivity contribution is -0.141. The molecule has 3 heteroatoms. The first-order chi connectivity index (χ1) is 5.65. The summed E-state index contributed by atoms with van der Waals surface area (Å²) in [7, 11) is 1.39. The third kappa shape index (κ3) is 3.72. The standard InChI is InChI=1S/C9H19NO2/c1-4-7(5-2)8(10)6-9(11)12-3/h7-8H,4-6,10H2,1-3H3. The Morgan fingerprint density at radius 2 is 1.92 bits per heavy atom. The van der Waals surface area contributed by atoms with E-state index in [1.807, 2.05) is 0 Å². The minimum Gasteiger partial charge on any atom is -0.469 e. The fourth-order valence-corrected chi connectivity index (χ4v) is 1.34. The molecule has 1 unspecified atom stereocenters. The van der Waals surface area contributed by atoms with Crippen molar-refractivity contribution in [1.82, 2.24) is 0 Å². The minimum atomic E-state index is -0.214. The molecule has 0 bridgehead atoms. The molecule has 0 aliphatic rings. The monoisotopic (exact) mass is 173 g/mol. The largest absolute Gasteiger partial charge is 0.469 e. The average Bonchev–Trinajstić information content (AvgIpc) is 2.06. The van der Waals surface area contributed by atoms with Crippen LogP contribution in [-0.4, -0.2) is 19.1 Å². The molecule has 0 rings (SSSR count). The quantitative estimate of drug-likeness (QED) is 0.638. The Bertz CT molecular complexity index is 132. The molecule has 0 radical (unpaired) electrons. The van der Waals surface area contributed by atoms with Crippen LogP contribution < -0.4 is 5.73 Å². The van der Waals surface area contributed by atoms with Crippen LogP contribution in [0, 0.1) is 5.92 Å². The second-order valence-corrected chi connectivity index (χ2v) is 3.02. The number of rotatable bonds is 5. The summed E-state index contributed by atoms with van der Waals surface area (Å²) in [5.74, 6) is 0.221. The molecule has 0 fully saturated rings. The van der Waals surface area contributed by atoms with Crippen molar-refractivity contribution in [3.63, 3.8) is 0 Å². The van der Waals surface area contributed by atoms with E-state index in [9.17, 15) is 4.79 Å². The maximum Gasteiger partial charge on any atom is 0.307 e. The lowest BCUT2D eigenvalue weighted by atomic mass is 9.93. The van der Waals surface area contributed by atoms with E-state index in [0.717, 1.165) is 12.8 Å². The van der Waals surface area contributed by atoms with Crippen LogP contribution in [-0.2, 0) is 9.53 Å². The van der Waals surface area contributed by atoms with Gasteiger partial charge in [0, 0.05) is 6.04 Å². The molecule has 0 saturated heterocycles. The van der Waals surface area contributed by atoms with Crippen LogP contribution in [0.1, 0.15) is 33.1 Å². The van der Waals surface area contributed by atoms with Crippen LogP contribution in [0.2, 0.25) is 0 Å². The second kappa shape index (κ2) is 6.00. The molecular weight excluding hydrogens is 154 g/mol. The summed E-state index contributed by atoms with van der Waals surface area (Å²) < 4.78 is 4.54. The fourth-order valence-electron chi connectivity index (χ4n) is 1.34. The van der Waals surface area contributed by atoms with Crippen LogP contribution in [0.25, 0.3) is 0 Å². The summed E-state index contributed by atoms with van der Waals surface area (Å²) >= 11 is 0. The maximum absolute atomic E-state index is 10.9. The normalized spacial score (nSPS) is 13.1. The van der Waals surface area contributed by atoms with Gasteiger partial charge in [-0.15, -0.1) is 0 Å². The van der Waals surface area contributed by atoms with Gasteiger partial charge in [0.25, 0.3) is 0 Å². The molecule has 0 heterocycles. The lowest BCUT2D eigenvalue weighted by Crippen LogP contribution is -2.32. The van der Waals surface area contributed by atoms with E-state index in [2.05, 4.69) is 18.6 Å². The average molecular weight is 173 g/mol. The molecular formula is C9H19NO2. The number of esters is 1. The molecule has 0 aromatic carbocycles. The second-order valence-electron chi connectivity index (χ2n) is 3.02. The first-order valence-corrected chi connectivity index (χ1v) is 4.48. The van der Waals surface area contributed by atoms with Crippen molar-refractivity contribution in [3.05, 3.63) is 0 Å². The van der Waals surface area contributed by atoms with E-state index in [1.165, 1.54) is 7.11 Å². The molecule has 2 N–H and O–H groups in total. The Labute approximate surface area is 74.3 Å². The highest BCUT2D eigenvalue weighted by Gasteiger charge is 2.17. The van der Waals surface area contributed by atoms with Gasteiger partial charge >= 0.3 is 5.97 Å². The van der Waals surface area contributed by atoms with E-state index < -0.39 is 0 Å². The van der Waals surface area contributed by atoms with Gasteiger partial charge in [0.05, 0.1) is 13.5 Å². The number of nitrogens with two attached hydrogens (primary N) is 1. The Kier molecular flexibility index (Phi) is 5.72. The number of carbonyl (C=O) groups excluding carboxylic acids is 1. The highest BCUT2D eigenvalue weighted by molar-refractivity contribution is 5.69. The Hall–Kier alpha value is -0.570. The lowest BCUT2D eigenvalue weighted by Gasteiger charge is -2.19. The number of hydrogen-bond acceptors (Lipinski definition) is 3. The molecule has 0 aliphatic carbocycles. The van der Waals surface area contributed by atoms with Gasteiger partial charge in [-0.2, -0.15) is 0 Å². The Balaban J connectivity index is 3.83. The van der Waals surface area contributed by atoms with Gasteiger partial charge in [0.15, 0.2) is 0 Å². The smallest absolute Gasteiger partial charge is 0.307 e. The van der Waals surface area contributed by atoms with Crippen molar-refractivity contribution < 1.29 is 9.53 Å². The predicted octanol–water partition coefficient (Wildman–Crippen LogP) is 1.31. The van der Waals surface area contributed by atoms with Crippen molar-refractivity contribution >= 4 is 5.97 Å². The molecule has 3 nitrogen and oxygen atoms in total. The van der Waals surface area contributed by atoms with Gasteiger partial charge in [-0.25, -0.2) is 0 Å². The highest BCUT2D eigenvalue weighted by atomic mass is 16.5. The fraction of sp³-hybridized carbons (Fsp3) is 0.889. The SMILES string of the molecule is CCC(CC)C(N)CC(=O)OC. The number of hydrogen-bond donors (Lipinski definition) is 1. The maximum atomic E-state index is 10.9. The zero-order valence-electron chi connectivity index (χ0n) is 8.17. The molecule has 0 aromatic heterocycles. The molecule has 12 heavy (non-hydrogen) atoms. The van der Waals surface area contributed by atoms with Crippen molar-refractivity contribution in [2.45, 2.75) is 39.2 Å². The van der Waals surface area contributed by atoms with Crippen LogP contribution >= 0.6 is 0 Å². The van der Waals surface area contributed by atoms with Gasteiger partial charge in [-0.1, -0.05) is 26.7 Å². The van der Waals surface area contributed by atoms with Crippen LogP contribution in [0.4, 0.5) is 0 Å². The Morgan fingerprint density at radius 3 is 2.25 bits per heavy atom. The number of methoxy groups -OCH3 is 1. The van der Waals surface area contributed by atoms with Crippen molar-refractivity contribution in [2.24, 2.45) is 11.7 Å². The first-order valence-electron chi connectivity index (χ1n) is 4.48. The van der Waals surface area contributed by atoms with E-state index >= 15 is 0 Å². The third-order valence-corrected chi connectivity index (χ3v) is 2.28. The van der Waals surface area contributed by atoms with Crippen molar-refractivity contribution in [3.8, 4) is 0 Å². The molecule has 0 aromatic rings. The van der Waals surface area contributed by atoms with Crippen LogP contribution in [0.3, 0.4) is 0 Å². The third-order valence-electron chi connectivity index (χ3n) is 2.28. The summed E-state index contributed by atoms with van der Waals surface area (Å²) in [6, 6.07) is -0.0487. The van der Waals surface area contributed by atoms with Gasteiger partial charge in [-0.3, -0.25) is 4.79 Å². The van der Waals surface area contributed by atoms with Gasteiger partial charge in [0.1, 0.15) is 0 Å². The van der Waals surface area contributed by atoms with Gasteiger partial charge < -0.3 is 10.5 Å². The van der Waals surface area contributed by atoms with Gasteiger partial charge in [-0.05, 0) is 5.92 Å². The van der Waals surface area contributed by atoms with E-state index in [0.29, 0.717) is 12.3 Å². The van der Waals surface area contributed by atoms with Crippen LogP contribution in [0.5, 0.6) is 0 Å². The molecule has 0 amide bonds. The first kappa shape index (κ1) is 11.4. The van der Waals surface area contributed by atoms with Crippen LogP contribution in [0.15, 0.2) is 0 Å². The summed E-state index contributed by atoms with van der Waals surface area (Å²) in [6.07, 6.45) is 2.38.